The summed E-state index contributed by atoms with van der Waals surface area (Å²) in [4.78, 5) is 9.71. The second kappa shape index (κ2) is 2.29. The van der Waals surface area contributed by atoms with Gasteiger partial charge >= 0.3 is 11.9 Å². The molecule has 0 amide bonds. The number of alkyl halides is 2. The molecule has 0 saturated heterocycles. The highest BCUT2D eigenvalue weighted by Gasteiger charge is 2.42. The molecule has 9 heavy (non-hydrogen) atoms. The number of hydrogen-bond acceptors (Lipinski definition) is 1. The van der Waals surface area contributed by atoms with Gasteiger partial charge in [-0.05, 0) is 0 Å². The van der Waals surface area contributed by atoms with Gasteiger partial charge in [-0.25, -0.2) is 4.79 Å². The van der Waals surface area contributed by atoms with Crippen molar-refractivity contribution >= 4 is 5.97 Å². The van der Waals surface area contributed by atoms with E-state index in [1.807, 2.05) is 0 Å². The molecule has 0 bridgehead atoms. The summed E-state index contributed by atoms with van der Waals surface area (Å²) in [6.07, 6.45) is 0. The normalized spacial score (nSPS) is 12.1. The average molecular weight is 138 g/mol. The number of aliphatic carboxylic acids is 1. The Labute approximate surface area is 51.5 Å². The second-order valence-electron chi connectivity index (χ2n) is 2.08. The van der Waals surface area contributed by atoms with Crippen molar-refractivity contribution in [3.63, 3.8) is 0 Å². The zero-order valence-corrected chi connectivity index (χ0v) is 5.19. The lowest BCUT2D eigenvalue weighted by molar-refractivity contribution is -0.171. The van der Waals surface area contributed by atoms with Gasteiger partial charge in [0.05, 0.1) is 0 Å². The molecule has 0 aromatic rings. The fourth-order valence-electron chi connectivity index (χ4n) is 0.247. The maximum absolute atomic E-state index is 12.1. The van der Waals surface area contributed by atoms with E-state index in [1.165, 1.54) is 0 Å². The molecule has 0 spiro atoms. The number of carboxylic acids is 1. The zero-order valence-electron chi connectivity index (χ0n) is 5.19. The van der Waals surface area contributed by atoms with E-state index in [0.717, 1.165) is 13.8 Å². The first kappa shape index (κ1) is 8.33. The largest absolute Gasteiger partial charge is 0.477 e. The molecule has 4 heteroatoms. The molecular weight excluding hydrogens is 130 g/mol. The molecule has 0 atom stereocenters. The quantitative estimate of drug-likeness (QED) is 0.625. The van der Waals surface area contributed by atoms with Gasteiger partial charge in [-0.2, -0.15) is 8.78 Å². The molecular formula is C5H8F2O2. The van der Waals surface area contributed by atoms with Gasteiger partial charge in [-0.1, -0.05) is 13.8 Å². The van der Waals surface area contributed by atoms with Crippen molar-refractivity contribution in [3.8, 4) is 0 Å². The van der Waals surface area contributed by atoms with Crippen LogP contribution in [-0.4, -0.2) is 17.0 Å². The molecule has 0 aromatic carbocycles. The summed E-state index contributed by atoms with van der Waals surface area (Å²) in [6, 6.07) is 0. The molecule has 0 aromatic heterocycles. The van der Waals surface area contributed by atoms with Crippen molar-refractivity contribution in [1.29, 1.82) is 0 Å². The van der Waals surface area contributed by atoms with Gasteiger partial charge in [0.25, 0.3) is 0 Å². The molecule has 0 aliphatic heterocycles. The van der Waals surface area contributed by atoms with E-state index in [-0.39, 0.29) is 0 Å². The summed E-state index contributed by atoms with van der Waals surface area (Å²) in [7, 11) is 0. The number of carboxylic acid groups (broad SMARTS) is 1. The van der Waals surface area contributed by atoms with E-state index in [0.29, 0.717) is 0 Å². The Morgan fingerprint density at radius 3 is 1.89 bits per heavy atom. The third-order valence-corrected chi connectivity index (χ3v) is 1.01. The molecule has 2 nitrogen and oxygen atoms in total. The number of carbonyl (C=O) groups is 1. The van der Waals surface area contributed by atoms with Crippen LogP contribution in [0, 0.1) is 5.92 Å². The Balaban J connectivity index is 4.19. The molecule has 0 heterocycles. The maximum Gasteiger partial charge on any atom is 0.374 e. The first-order valence-electron chi connectivity index (χ1n) is 2.50. The Morgan fingerprint density at radius 1 is 1.56 bits per heavy atom. The van der Waals surface area contributed by atoms with E-state index in [2.05, 4.69) is 0 Å². The minimum atomic E-state index is -3.58. The fraction of sp³-hybridized carbons (Fsp3) is 0.800. The topological polar surface area (TPSA) is 37.3 Å². The number of halogens is 2. The number of rotatable bonds is 2. The average Bonchev–Trinajstić information content (AvgIpc) is 1.65. The Morgan fingerprint density at radius 2 is 1.89 bits per heavy atom. The minimum absolute atomic E-state index is 1.14. The standard InChI is InChI=1S/C5H8F2O2/c1-3(2)5(6,7)4(8)9/h3H,1-2H3,(H,8,9). The molecule has 54 valence electrons. The van der Waals surface area contributed by atoms with Crippen molar-refractivity contribution in [2.45, 2.75) is 19.8 Å². The van der Waals surface area contributed by atoms with E-state index in [4.69, 9.17) is 5.11 Å². The maximum atomic E-state index is 12.1. The van der Waals surface area contributed by atoms with Gasteiger partial charge in [-0.15, -0.1) is 0 Å². The van der Waals surface area contributed by atoms with Crippen LogP contribution < -0.4 is 0 Å². The van der Waals surface area contributed by atoms with Gasteiger partial charge < -0.3 is 5.11 Å². The van der Waals surface area contributed by atoms with E-state index in [9.17, 15) is 13.6 Å². The highest BCUT2D eigenvalue weighted by Crippen LogP contribution is 2.23. The first-order valence-corrected chi connectivity index (χ1v) is 2.50. The summed E-state index contributed by atoms with van der Waals surface area (Å²) in [5.41, 5.74) is 0. The van der Waals surface area contributed by atoms with Crippen molar-refractivity contribution in [3.05, 3.63) is 0 Å². The lowest BCUT2D eigenvalue weighted by atomic mass is 10.1. The summed E-state index contributed by atoms with van der Waals surface area (Å²) >= 11 is 0. The fourth-order valence-corrected chi connectivity index (χ4v) is 0.247. The van der Waals surface area contributed by atoms with Gasteiger partial charge in [-0.3, -0.25) is 0 Å². The van der Waals surface area contributed by atoms with Crippen LogP contribution in [0.2, 0.25) is 0 Å². The summed E-state index contributed by atoms with van der Waals surface area (Å²) in [5.74, 6) is -6.78. The predicted molar refractivity (Wildman–Crippen MR) is 27.4 cm³/mol. The van der Waals surface area contributed by atoms with Crippen molar-refractivity contribution in [2.75, 3.05) is 0 Å². The predicted octanol–water partition coefficient (Wildman–Crippen LogP) is 1.36. The molecule has 0 radical (unpaired) electrons. The Hall–Kier alpha value is -0.670. The Kier molecular flexibility index (Phi) is 2.12. The van der Waals surface area contributed by atoms with Crippen LogP contribution >= 0.6 is 0 Å². The molecule has 0 fully saturated rings. The zero-order chi connectivity index (χ0) is 7.65. The summed E-state index contributed by atoms with van der Waals surface area (Å²) < 4.78 is 24.1. The van der Waals surface area contributed by atoms with Crippen LogP contribution in [0.15, 0.2) is 0 Å². The van der Waals surface area contributed by atoms with Crippen molar-refractivity contribution in [1.82, 2.24) is 0 Å². The van der Waals surface area contributed by atoms with Gasteiger partial charge in [0.2, 0.25) is 0 Å². The number of hydrogen-bond donors (Lipinski definition) is 1. The third-order valence-electron chi connectivity index (χ3n) is 1.01. The third kappa shape index (κ3) is 1.62. The monoisotopic (exact) mass is 138 g/mol. The lowest BCUT2D eigenvalue weighted by Gasteiger charge is -2.13. The van der Waals surface area contributed by atoms with Crippen LogP contribution in [0.3, 0.4) is 0 Å². The minimum Gasteiger partial charge on any atom is -0.477 e. The van der Waals surface area contributed by atoms with Gasteiger partial charge in [0, 0.05) is 5.92 Å². The summed E-state index contributed by atoms with van der Waals surface area (Å²) in [5, 5.41) is 7.86. The second-order valence-corrected chi connectivity index (χ2v) is 2.08. The lowest BCUT2D eigenvalue weighted by Crippen LogP contribution is -2.33. The molecule has 0 unspecified atom stereocenters. The van der Waals surface area contributed by atoms with Crippen LogP contribution in [-0.2, 0) is 4.79 Å². The molecule has 1 N–H and O–H groups in total. The highest BCUT2D eigenvalue weighted by molar-refractivity contribution is 5.75. The summed E-state index contributed by atoms with van der Waals surface area (Å²) in [6.45, 7) is 2.32. The van der Waals surface area contributed by atoms with Crippen LogP contribution in [0.25, 0.3) is 0 Å². The van der Waals surface area contributed by atoms with Crippen molar-refractivity contribution < 1.29 is 18.7 Å². The Bertz CT molecular complexity index is 120. The first-order chi connectivity index (χ1) is 3.89. The van der Waals surface area contributed by atoms with Gasteiger partial charge in [0.15, 0.2) is 0 Å². The van der Waals surface area contributed by atoms with E-state index in [1.54, 1.807) is 0 Å². The smallest absolute Gasteiger partial charge is 0.374 e. The molecule has 0 aliphatic carbocycles. The van der Waals surface area contributed by atoms with Crippen LogP contribution in [0.1, 0.15) is 13.8 Å². The van der Waals surface area contributed by atoms with Gasteiger partial charge in [0.1, 0.15) is 0 Å². The van der Waals surface area contributed by atoms with E-state index < -0.39 is 17.8 Å². The van der Waals surface area contributed by atoms with Crippen LogP contribution in [0.4, 0.5) is 8.78 Å². The molecule has 0 rings (SSSR count). The van der Waals surface area contributed by atoms with Crippen LogP contribution in [0.5, 0.6) is 0 Å². The SMILES string of the molecule is CC(C)C(F)(F)C(=O)O. The highest BCUT2D eigenvalue weighted by atomic mass is 19.3. The molecule has 0 saturated carbocycles. The van der Waals surface area contributed by atoms with Crippen molar-refractivity contribution in [2.24, 2.45) is 5.92 Å². The van der Waals surface area contributed by atoms with E-state index >= 15 is 0 Å². The molecule has 0 aliphatic rings.